The first kappa shape index (κ1) is 22.3. The van der Waals surface area contributed by atoms with Crippen LogP contribution >= 0.6 is 0 Å². The van der Waals surface area contributed by atoms with Crippen LogP contribution in [-0.4, -0.2) is 0 Å². The van der Waals surface area contributed by atoms with Gasteiger partial charge < -0.3 is 0 Å². The molecule has 2 heteroatoms. The van der Waals surface area contributed by atoms with Gasteiger partial charge in [-0.25, -0.2) is 8.78 Å². The van der Waals surface area contributed by atoms with Crippen molar-refractivity contribution in [2.45, 2.75) is 46.0 Å². The molecular formula is C29H26F2. The van der Waals surface area contributed by atoms with E-state index in [0.717, 1.165) is 54.4 Å². The van der Waals surface area contributed by atoms with E-state index in [2.05, 4.69) is 30.6 Å². The van der Waals surface area contributed by atoms with Crippen LogP contribution in [0.2, 0.25) is 0 Å². The normalized spacial score (nSPS) is 10.1. The third-order valence-corrected chi connectivity index (χ3v) is 5.00. The summed E-state index contributed by atoms with van der Waals surface area (Å²) in [5.74, 6) is 11.5. The number of hydrogen-bond donors (Lipinski definition) is 0. The highest BCUT2D eigenvalue weighted by Gasteiger charge is 2.02. The summed E-state index contributed by atoms with van der Waals surface area (Å²) in [5, 5.41) is 0. The van der Waals surface area contributed by atoms with E-state index in [1.807, 2.05) is 43.3 Å². The van der Waals surface area contributed by atoms with Crippen LogP contribution in [0, 0.1) is 35.3 Å². The smallest absolute Gasteiger partial charge is 0.139 e. The molecule has 0 saturated carbocycles. The quantitative estimate of drug-likeness (QED) is 0.394. The second-order valence-electron chi connectivity index (χ2n) is 7.55. The van der Waals surface area contributed by atoms with Crippen molar-refractivity contribution in [3.63, 3.8) is 0 Å². The summed E-state index contributed by atoms with van der Waals surface area (Å²) >= 11 is 0. The van der Waals surface area contributed by atoms with Crippen LogP contribution in [0.25, 0.3) is 0 Å². The number of rotatable bonds is 5. The summed E-state index contributed by atoms with van der Waals surface area (Å²) in [4.78, 5) is 0. The molecule has 0 nitrogen and oxygen atoms in total. The largest absolute Gasteiger partial charge is 0.207 e. The lowest BCUT2D eigenvalue weighted by molar-refractivity contribution is 0.607. The summed E-state index contributed by atoms with van der Waals surface area (Å²) in [6.45, 7) is 4.15. The van der Waals surface area contributed by atoms with E-state index < -0.39 is 0 Å². The lowest BCUT2D eigenvalue weighted by atomic mass is 10.1. The first-order valence-corrected chi connectivity index (χ1v) is 10.8. The zero-order valence-electron chi connectivity index (χ0n) is 18.1. The average molecular weight is 413 g/mol. The van der Waals surface area contributed by atoms with Crippen LogP contribution in [0.1, 0.15) is 66.5 Å². The lowest BCUT2D eigenvalue weighted by Crippen LogP contribution is -1.90. The van der Waals surface area contributed by atoms with E-state index in [-0.39, 0.29) is 11.6 Å². The standard InChI is InChI=1S/C29H26F2/c1-3-5-7-24-15-19-27(29(31)20-24)17-14-23-10-8-22(9-11-23)12-13-25-16-18-26(6-4-2)28(30)21-25/h8-11,15-16,18-21H,3-7H2,1-2H3. The molecule has 3 aromatic carbocycles. The van der Waals surface area contributed by atoms with Crippen LogP contribution in [0.4, 0.5) is 8.78 Å². The van der Waals surface area contributed by atoms with Crippen molar-refractivity contribution in [2.24, 2.45) is 0 Å². The average Bonchev–Trinajstić information content (AvgIpc) is 2.78. The Balaban J connectivity index is 1.68. The van der Waals surface area contributed by atoms with Gasteiger partial charge in [0.2, 0.25) is 0 Å². The van der Waals surface area contributed by atoms with Gasteiger partial charge >= 0.3 is 0 Å². The topological polar surface area (TPSA) is 0 Å². The zero-order valence-corrected chi connectivity index (χ0v) is 18.1. The van der Waals surface area contributed by atoms with Crippen LogP contribution in [0.3, 0.4) is 0 Å². The molecule has 0 N–H and O–H groups in total. The van der Waals surface area contributed by atoms with Gasteiger partial charge in [0, 0.05) is 16.7 Å². The number of hydrogen-bond acceptors (Lipinski definition) is 0. The fourth-order valence-electron chi connectivity index (χ4n) is 3.21. The molecule has 0 spiro atoms. The second-order valence-corrected chi connectivity index (χ2v) is 7.55. The van der Waals surface area contributed by atoms with Crippen molar-refractivity contribution in [2.75, 3.05) is 0 Å². The number of unbranched alkanes of at least 4 members (excludes halogenated alkanes) is 1. The van der Waals surface area contributed by atoms with Crippen LogP contribution in [0.5, 0.6) is 0 Å². The van der Waals surface area contributed by atoms with Gasteiger partial charge in [0.15, 0.2) is 0 Å². The lowest BCUT2D eigenvalue weighted by Gasteiger charge is -2.01. The maximum Gasteiger partial charge on any atom is 0.139 e. The molecule has 0 saturated heterocycles. The van der Waals surface area contributed by atoms with Crippen molar-refractivity contribution < 1.29 is 8.78 Å². The predicted molar refractivity (Wildman–Crippen MR) is 124 cm³/mol. The molecule has 0 bridgehead atoms. The van der Waals surface area contributed by atoms with Crippen molar-refractivity contribution >= 4 is 0 Å². The van der Waals surface area contributed by atoms with Crippen LogP contribution in [0.15, 0.2) is 60.7 Å². The molecule has 0 aliphatic carbocycles. The van der Waals surface area contributed by atoms with Gasteiger partial charge in [0.25, 0.3) is 0 Å². The van der Waals surface area contributed by atoms with E-state index in [9.17, 15) is 8.78 Å². The zero-order chi connectivity index (χ0) is 22.1. The highest BCUT2D eigenvalue weighted by Crippen LogP contribution is 2.13. The Labute approximate surface area is 184 Å². The van der Waals surface area contributed by atoms with E-state index in [4.69, 9.17) is 0 Å². The molecule has 0 aliphatic heterocycles. The van der Waals surface area contributed by atoms with Crippen molar-refractivity contribution in [3.05, 3.63) is 106 Å². The Morgan fingerprint density at radius 3 is 1.87 bits per heavy atom. The van der Waals surface area contributed by atoms with Crippen molar-refractivity contribution in [1.82, 2.24) is 0 Å². The third-order valence-electron chi connectivity index (χ3n) is 5.00. The van der Waals surface area contributed by atoms with Crippen molar-refractivity contribution in [3.8, 4) is 23.7 Å². The van der Waals surface area contributed by atoms with Gasteiger partial charge in [-0.15, -0.1) is 0 Å². The first-order valence-electron chi connectivity index (χ1n) is 10.8. The Kier molecular flexibility index (Phi) is 8.03. The molecule has 0 radical (unpaired) electrons. The van der Waals surface area contributed by atoms with Gasteiger partial charge in [-0.3, -0.25) is 0 Å². The summed E-state index contributed by atoms with van der Waals surface area (Å²) in [5.41, 5.74) is 4.39. The SMILES string of the molecule is CCCCc1ccc(C#Cc2ccc(C#Cc3ccc(CCC)c(F)c3)cc2)c(F)c1. The molecule has 0 heterocycles. The fourth-order valence-corrected chi connectivity index (χ4v) is 3.21. The predicted octanol–water partition coefficient (Wildman–Crippen LogP) is 7.06. The second kappa shape index (κ2) is 11.1. The first-order chi connectivity index (χ1) is 15.1. The molecule has 31 heavy (non-hydrogen) atoms. The summed E-state index contributed by atoms with van der Waals surface area (Å²) < 4.78 is 28.3. The summed E-state index contributed by atoms with van der Waals surface area (Å²) in [6.07, 6.45) is 4.67. The van der Waals surface area contributed by atoms with Crippen molar-refractivity contribution in [1.29, 1.82) is 0 Å². The minimum Gasteiger partial charge on any atom is -0.207 e. The molecule has 0 amide bonds. The maximum atomic E-state index is 14.3. The molecule has 3 aromatic rings. The number of halogens is 2. The Morgan fingerprint density at radius 2 is 1.26 bits per heavy atom. The summed E-state index contributed by atoms with van der Waals surface area (Å²) in [6, 6.07) is 17.9. The fraction of sp³-hybridized carbons (Fsp3) is 0.241. The molecule has 0 aromatic heterocycles. The van der Waals surface area contributed by atoms with Crippen LogP contribution < -0.4 is 0 Å². The molecule has 0 fully saturated rings. The minimum atomic E-state index is -0.277. The molecule has 0 unspecified atom stereocenters. The van der Waals surface area contributed by atoms with E-state index in [0.29, 0.717) is 11.1 Å². The molecular weight excluding hydrogens is 386 g/mol. The third kappa shape index (κ3) is 6.56. The van der Waals surface area contributed by atoms with E-state index in [1.165, 1.54) is 6.07 Å². The number of benzene rings is 3. The van der Waals surface area contributed by atoms with Gasteiger partial charge in [0.05, 0.1) is 5.56 Å². The summed E-state index contributed by atoms with van der Waals surface area (Å²) in [7, 11) is 0. The van der Waals surface area contributed by atoms with Gasteiger partial charge in [-0.1, -0.05) is 62.5 Å². The van der Waals surface area contributed by atoms with E-state index in [1.54, 1.807) is 18.2 Å². The van der Waals surface area contributed by atoms with E-state index >= 15 is 0 Å². The highest BCUT2D eigenvalue weighted by molar-refractivity contribution is 5.48. The van der Waals surface area contributed by atoms with Gasteiger partial charge in [0.1, 0.15) is 11.6 Å². The van der Waals surface area contributed by atoms with Gasteiger partial charge in [-0.05, 0) is 78.9 Å². The molecule has 0 aliphatic rings. The Morgan fingerprint density at radius 1 is 0.613 bits per heavy atom. The number of aryl methyl sites for hydroxylation is 2. The minimum absolute atomic E-state index is 0.204. The van der Waals surface area contributed by atoms with Crippen LogP contribution in [-0.2, 0) is 12.8 Å². The van der Waals surface area contributed by atoms with Gasteiger partial charge in [-0.2, -0.15) is 0 Å². The molecule has 0 atom stereocenters. The monoisotopic (exact) mass is 412 g/mol. The Bertz CT molecular complexity index is 1150. The molecule has 156 valence electrons. The Hall–Kier alpha value is -3.36. The molecule has 3 rings (SSSR count). The maximum absolute atomic E-state index is 14.3. The highest BCUT2D eigenvalue weighted by atomic mass is 19.1.